The summed E-state index contributed by atoms with van der Waals surface area (Å²) >= 11 is 4.82. The molecule has 1 aliphatic heterocycles. The lowest BCUT2D eigenvalue weighted by atomic mass is 10.3. The summed E-state index contributed by atoms with van der Waals surface area (Å²) in [6.45, 7) is 0.0730. The van der Waals surface area contributed by atoms with Crippen LogP contribution in [0.4, 0.5) is 0 Å². The molecule has 1 aliphatic rings. The van der Waals surface area contributed by atoms with Gasteiger partial charge in [-0.2, -0.15) is 4.31 Å². The van der Waals surface area contributed by atoms with Crippen molar-refractivity contribution < 1.29 is 16.8 Å². The van der Waals surface area contributed by atoms with Gasteiger partial charge in [0.05, 0.1) is 11.5 Å². The van der Waals surface area contributed by atoms with Gasteiger partial charge < -0.3 is 5.73 Å². The Balaban J connectivity index is 2.41. The Morgan fingerprint density at radius 1 is 1.33 bits per heavy atom. The summed E-state index contributed by atoms with van der Waals surface area (Å²) in [7, 11) is -7.07. The lowest BCUT2D eigenvalue weighted by molar-refractivity contribution is 0.434. The first-order chi connectivity index (χ1) is 9.74. The van der Waals surface area contributed by atoms with Crippen LogP contribution in [-0.4, -0.2) is 55.7 Å². The van der Waals surface area contributed by atoms with Crippen molar-refractivity contribution in [2.45, 2.75) is 11.3 Å². The fourth-order valence-corrected chi connectivity index (χ4v) is 5.33. The zero-order valence-electron chi connectivity index (χ0n) is 11.1. The van der Waals surface area contributed by atoms with Crippen molar-refractivity contribution in [1.82, 2.24) is 9.29 Å². The van der Waals surface area contributed by atoms with Crippen molar-refractivity contribution >= 4 is 37.1 Å². The lowest BCUT2D eigenvalue weighted by Crippen LogP contribution is -2.35. The predicted molar refractivity (Wildman–Crippen MR) is 82.2 cm³/mol. The molecule has 0 atom stereocenters. The van der Waals surface area contributed by atoms with E-state index in [1.807, 2.05) is 0 Å². The van der Waals surface area contributed by atoms with Gasteiger partial charge in [0.15, 0.2) is 9.84 Å². The average molecular weight is 349 g/mol. The highest BCUT2D eigenvalue weighted by Crippen LogP contribution is 2.20. The second-order valence-corrected chi connectivity index (χ2v) is 9.27. The van der Waals surface area contributed by atoms with Gasteiger partial charge in [0.1, 0.15) is 15.6 Å². The third-order valence-corrected chi connectivity index (χ3v) is 6.98. The van der Waals surface area contributed by atoms with Crippen LogP contribution in [0.2, 0.25) is 0 Å². The molecule has 1 aromatic heterocycles. The van der Waals surface area contributed by atoms with E-state index < -0.39 is 19.9 Å². The zero-order chi connectivity index (χ0) is 15.7. The molecule has 10 heteroatoms. The Morgan fingerprint density at radius 2 is 2.05 bits per heavy atom. The standard InChI is InChI=1S/C11H15N3O4S3/c12-11(19)10-9(3-1-4-13-10)21(17,18)14-5-2-7-20(15,16)8-6-14/h1,3-4H,2,5-8H2,(H2,12,19). The number of hydrogen-bond donors (Lipinski definition) is 1. The zero-order valence-corrected chi connectivity index (χ0v) is 13.5. The molecule has 0 bridgehead atoms. The third-order valence-electron chi connectivity index (χ3n) is 3.14. The number of rotatable bonds is 3. The molecule has 1 fully saturated rings. The topological polar surface area (TPSA) is 110 Å². The summed E-state index contributed by atoms with van der Waals surface area (Å²) in [4.78, 5) is 3.70. The molecule has 0 unspecified atom stereocenters. The Kier molecular flexibility index (Phi) is 4.61. The normalized spacial score (nSPS) is 19.8. The first kappa shape index (κ1) is 16.3. The Labute approximate surface area is 129 Å². The van der Waals surface area contributed by atoms with Crippen LogP contribution in [0.15, 0.2) is 23.2 Å². The highest BCUT2D eigenvalue weighted by atomic mass is 32.2. The predicted octanol–water partition coefficient (Wildman–Crippen LogP) is -0.475. The first-order valence-corrected chi connectivity index (χ1v) is 9.86. The monoisotopic (exact) mass is 349 g/mol. The van der Waals surface area contributed by atoms with Crippen molar-refractivity contribution in [3.63, 3.8) is 0 Å². The maximum Gasteiger partial charge on any atom is 0.245 e. The molecule has 0 radical (unpaired) electrons. The molecule has 0 saturated carbocycles. The minimum absolute atomic E-state index is 0.00574. The molecule has 1 aromatic rings. The van der Waals surface area contributed by atoms with E-state index in [1.54, 1.807) is 0 Å². The van der Waals surface area contributed by atoms with E-state index in [0.717, 1.165) is 4.31 Å². The molecule has 7 nitrogen and oxygen atoms in total. The van der Waals surface area contributed by atoms with Gasteiger partial charge >= 0.3 is 0 Å². The van der Waals surface area contributed by atoms with Gasteiger partial charge in [-0.25, -0.2) is 16.8 Å². The molecule has 0 aliphatic carbocycles. The minimum atomic E-state index is -3.87. The number of hydrogen-bond acceptors (Lipinski definition) is 6. The Bertz CT molecular complexity index is 759. The van der Waals surface area contributed by atoms with Crippen LogP contribution >= 0.6 is 12.2 Å². The molecule has 116 valence electrons. The van der Waals surface area contributed by atoms with Gasteiger partial charge in [-0.05, 0) is 18.6 Å². The van der Waals surface area contributed by atoms with Crippen molar-refractivity contribution in [2.75, 3.05) is 24.6 Å². The van der Waals surface area contributed by atoms with Gasteiger partial charge in [-0.15, -0.1) is 0 Å². The fraction of sp³-hybridized carbons (Fsp3) is 0.455. The van der Waals surface area contributed by atoms with E-state index in [9.17, 15) is 16.8 Å². The maximum absolute atomic E-state index is 12.7. The summed E-state index contributed by atoms with van der Waals surface area (Å²) in [5.41, 5.74) is 5.53. The number of pyridine rings is 1. The summed E-state index contributed by atoms with van der Waals surface area (Å²) in [5.74, 6) is -0.191. The van der Waals surface area contributed by atoms with E-state index in [1.165, 1.54) is 18.3 Å². The largest absolute Gasteiger partial charge is 0.388 e. The van der Waals surface area contributed by atoms with Crippen LogP contribution in [0.5, 0.6) is 0 Å². The lowest BCUT2D eigenvalue weighted by Gasteiger charge is -2.20. The Morgan fingerprint density at radius 3 is 2.71 bits per heavy atom. The van der Waals surface area contributed by atoms with E-state index in [2.05, 4.69) is 4.98 Å². The van der Waals surface area contributed by atoms with E-state index >= 15 is 0 Å². The van der Waals surface area contributed by atoms with Crippen LogP contribution in [0.1, 0.15) is 12.1 Å². The minimum Gasteiger partial charge on any atom is -0.388 e. The van der Waals surface area contributed by atoms with Crippen molar-refractivity contribution in [3.05, 3.63) is 24.0 Å². The van der Waals surface area contributed by atoms with Crippen LogP contribution < -0.4 is 5.73 Å². The Hall–Kier alpha value is -1.10. The quantitative estimate of drug-likeness (QED) is 0.734. The number of sulfonamides is 1. The summed E-state index contributed by atoms with van der Waals surface area (Å²) < 4.78 is 49.6. The smallest absolute Gasteiger partial charge is 0.245 e. The summed E-state index contributed by atoms with van der Waals surface area (Å²) in [6.07, 6.45) is 1.67. The summed E-state index contributed by atoms with van der Waals surface area (Å²) in [6, 6.07) is 2.85. The van der Waals surface area contributed by atoms with Crippen LogP contribution in [0, 0.1) is 0 Å². The second-order valence-electron chi connectivity index (χ2n) is 4.62. The SMILES string of the molecule is NC(=S)c1ncccc1S(=O)(=O)N1CCCS(=O)(=O)CC1. The molecule has 1 saturated heterocycles. The molecule has 2 heterocycles. The van der Waals surface area contributed by atoms with E-state index in [0.29, 0.717) is 0 Å². The average Bonchev–Trinajstić information content (AvgIpc) is 2.60. The number of aromatic nitrogens is 1. The van der Waals surface area contributed by atoms with Crippen LogP contribution in [-0.2, 0) is 19.9 Å². The number of sulfone groups is 1. The van der Waals surface area contributed by atoms with E-state index in [4.69, 9.17) is 18.0 Å². The van der Waals surface area contributed by atoms with Gasteiger partial charge in [-0.3, -0.25) is 4.98 Å². The molecule has 2 N–H and O–H groups in total. The fourth-order valence-electron chi connectivity index (χ4n) is 2.08. The van der Waals surface area contributed by atoms with Crippen molar-refractivity contribution in [3.8, 4) is 0 Å². The van der Waals surface area contributed by atoms with Gasteiger partial charge in [0.2, 0.25) is 10.0 Å². The molecule has 2 rings (SSSR count). The molecule has 0 amide bonds. The van der Waals surface area contributed by atoms with Crippen LogP contribution in [0.3, 0.4) is 0 Å². The van der Waals surface area contributed by atoms with Gasteiger partial charge in [0.25, 0.3) is 0 Å². The maximum atomic E-state index is 12.7. The second kappa shape index (κ2) is 5.95. The van der Waals surface area contributed by atoms with Gasteiger partial charge in [0, 0.05) is 19.3 Å². The number of nitrogens with two attached hydrogens (primary N) is 1. The highest BCUT2D eigenvalue weighted by Gasteiger charge is 2.31. The van der Waals surface area contributed by atoms with Crippen molar-refractivity contribution in [2.24, 2.45) is 5.73 Å². The third kappa shape index (κ3) is 3.57. The van der Waals surface area contributed by atoms with Crippen LogP contribution in [0.25, 0.3) is 0 Å². The molecule has 0 aromatic carbocycles. The van der Waals surface area contributed by atoms with Crippen molar-refractivity contribution in [1.29, 1.82) is 0 Å². The summed E-state index contributed by atoms with van der Waals surface area (Å²) in [5, 5.41) is 0. The highest BCUT2D eigenvalue weighted by molar-refractivity contribution is 7.91. The number of thiocarbonyl (C=S) groups is 1. The molecule has 21 heavy (non-hydrogen) atoms. The number of nitrogens with zero attached hydrogens (tertiary/aromatic N) is 2. The first-order valence-electron chi connectivity index (χ1n) is 6.19. The molecular formula is C11H15N3O4S3. The van der Waals surface area contributed by atoms with Gasteiger partial charge in [-0.1, -0.05) is 12.2 Å². The molecule has 0 spiro atoms. The molecular weight excluding hydrogens is 334 g/mol. The van der Waals surface area contributed by atoms with E-state index in [-0.39, 0.29) is 46.6 Å².